The molecule has 0 fully saturated rings. The molecular formula is C4H8N6O. The number of H-pyrrole nitrogens is 2. The van der Waals surface area contributed by atoms with E-state index >= 15 is 0 Å². The molecule has 0 spiro atoms. The van der Waals surface area contributed by atoms with Crippen LogP contribution >= 0.6 is 0 Å². The quantitative estimate of drug-likeness (QED) is 0.497. The lowest BCUT2D eigenvalue weighted by atomic mass is 11.0. The molecule has 4 N–H and O–H groups in total. The Bertz CT molecular complexity index is 154. The zero-order chi connectivity index (χ0) is 7.07. The van der Waals surface area contributed by atoms with Gasteiger partial charge in [0.05, 0.1) is 24.8 Å². The van der Waals surface area contributed by atoms with E-state index in [1.807, 2.05) is 0 Å². The number of hydrogen-bond donors (Lipinski definition) is 2. The highest BCUT2D eigenvalue weighted by atomic mass is 16.0. The lowest BCUT2D eigenvalue weighted by Gasteiger charge is -1.48. The van der Waals surface area contributed by atoms with Gasteiger partial charge in [-0.3, -0.25) is 0 Å². The van der Waals surface area contributed by atoms with Crippen molar-refractivity contribution >= 4 is 0 Å². The first-order valence-electron chi connectivity index (χ1n) is 2.59. The molecule has 0 aliphatic carbocycles. The van der Waals surface area contributed by atoms with Crippen molar-refractivity contribution < 1.29 is 5.48 Å². The number of rotatable bonds is 0. The van der Waals surface area contributed by atoms with Crippen molar-refractivity contribution in [3.8, 4) is 0 Å². The Morgan fingerprint density at radius 1 is 0.636 bits per heavy atom. The summed E-state index contributed by atoms with van der Waals surface area (Å²) in [7, 11) is 0. The van der Waals surface area contributed by atoms with Crippen molar-refractivity contribution in [2.24, 2.45) is 0 Å². The second-order valence-electron chi connectivity index (χ2n) is 1.31. The summed E-state index contributed by atoms with van der Waals surface area (Å²) < 4.78 is 0. The molecule has 0 aromatic carbocycles. The zero-order valence-corrected chi connectivity index (χ0v) is 5.60. The summed E-state index contributed by atoms with van der Waals surface area (Å²) in [5.41, 5.74) is 0. The number of aromatic nitrogens is 6. The van der Waals surface area contributed by atoms with Gasteiger partial charge in [-0.1, -0.05) is 0 Å². The lowest BCUT2D eigenvalue weighted by Crippen LogP contribution is -1.61. The van der Waals surface area contributed by atoms with Crippen LogP contribution in [0, 0.1) is 0 Å². The molecule has 60 valence electrons. The molecule has 2 aromatic heterocycles. The molecule has 0 aliphatic heterocycles. The molecule has 0 unspecified atom stereocenters. The highest BCUT2D eigenvalue weighted by molar-refractivity contribution is 4.55. The van der Waals surface area contributed by atoms with Crippen LogP contribution in [-0.4, -0.2) is 36.3 Å². The van der Waals surface area contributed by atoms with Crippen LogP contribution in [0.25, 0.3) is 0 Å². The van der Waals surface area contributed by atoms with Gasteiger partial charge in [-0.15, -0.1) is 0 Å². The smallest absolute Gasteiger partial charge is 0.0690 e. The molecular weight excluding hydrogens is 148 g/mol. The van der Waals surface area contributed by atoms with Gasteiger partial charge in [0.15, 0.2) is 0 Å². The Kier molecular flexibility index (Phi) is 5.34. The van der Waals surface area contributed by atoms with Crippen molar-refractivity contribution in [3.63, 3.8) is 0 Å². The van der Waals surface area contributed by atoms with E-state index in [9.17, 15) is 0 Å². The molecule has 2 aromatic rings. The van der Waals surface area contributed by atoms with Crippen LogP contribution in [0.15, 0.2) is 24.8 Å². The van der Waals surface area contributed by atoms with Gasteiger partial charge in [0.1, 0.15) is 0 Å². The molecule has 11 heavy (non-hydrogen) atoms. The van der Waals surface area contributed by atoms with Gasteiger partial charge in [-0.25, -0.2) is 0 Å². The molecule has 0 aliphatic rings. The van der Waals surface area contributed by atoms with Gasteiger partial charge in [0.2, 0.25) is 0 Å². The minimum atomic E-state index is 0. The van der Waals surface area contributed by atoms with Crippen LogP contribution in [-0.2, 0) is 0 Å². The maximum atomic E-state index is 3.49. The van der Waals surface area contributed by atoms with Gasteiger partial charge in [0, 0.05) is 0 Å². The average Bonchev–Trinajstić information content (AvgIpc) is 2.67. The van der Waals surface area contributed by atoms with Gasteiger partial charge in [0.25, 0.3) is 0 Å². The molecule has 0 radical (unpaired) electrons. The van der Waals surface area contributed by atoms with Crippen LogP contribution in [0.2, 0.25) is 0 Å². The van der Waals surface area contributed by atoms with Crippen molar-refractivity contribution in [1.29, 1.82) is 0 Å². The highest BCUT2D eigenvalue weighted by Crippen LogP contribution is 1.56. The lowest BCUT2D eigenvalue weighted by molar-refractivity contribution is 0.824. The van der Waals surface area contributed by atoms with Crippen LogP contribution in [0.4, 0.5) is 0 Å². The van der Waals surface area contributed by atoms with Crippen molar-refractivity contribution in [2.45, 2.75) is 0 Å². The summed E-state index contributed by atoms with van der Waals surface area (Å²) in [6.07, 6.45) is 6.33. The van der Waals surface area contributed by atoms with Crippen LogP contribution in [0.1, 0.15) is 0 Å². The van der Waals surface area contributed by atoms with Crippen molar-refractivity contribution in [1.82, 2.24) is 30.8 Å². The summed E-state index contributed by atoms with van der Waals surface area (Å²) in [6.45, 7) is 0. The minimum Gasteiger partial charge on any atom is -0.412 e. The third-order valence-corrected chi connectivity index (χ3v) is 0.662. The van der Waals surface area contributed by atoms with E-state index in [-0.39, 0.29) is 5.48 Å². The van der Waals surface area contributed by atoms with E-state index in [0.717, 1.165) is 0 Å². The molecule has 0 saturated heterocycles. The van der Waals surface area contributed by atoms with Gasteiger partial charge in [-0.05, 0) is 0 Å². The topological polar surface area (TPSA) is 115 Å². The predicted molar refractivity (Wildman–Crippen MR) is 36.4 cm³/mol. The Morgan fingerprint density at radius 3 is 1.00 bits per heavy atom. The number of hydrogen-bond acceptors (Lipinski definition) is 4. The third kappa shape index (κ3) is 4.73. The second kappa shape index (κ2) is 6.36. The zero-order valence-electron chi connectivity index (χ0n) is 5.60. The molecule has 7 heteroatoms. The molecule has 2 heterocycles. The monoisotopic (exact) mass is 156 g/mol. The number of nitrogens with zero attached hydrogens (tertiary/aromatic N) is 4. The van der Waals surface area contributed by atoms with E-state index in [1.54, 1.807) is 24.8 Å². The first kappa shape index (κ1) is 9.24. The van der Waals surface area contributed by atoms with Gasteiger partial charge >= 0.3 is 0 Å². The van der Waals surface area contributed by atoms with Gasteiger partial charge < -0.3 is 5.48 Å². The standard InChI is InChI=1S/2C2H3N3.H2O/c2*1-2-4-5-3-1;/h2*1-2H,(H,3,4,5);1H2. The second-order valence-corrected chi connectivity index (χ2v) is 1.31. The highest BCUT2D eigenvalue weighted by Gasteiger charge is 1.57. The summed E-state index contributed by atoms with van der Waals surface area (Å²) in [6, 6.07) is 0. The SMILES string of the molecule is O.c1cn[nH]n1.c1cn[nH]n1. The first-order chi connectivity index (χ1) is 5.00. The fourth-order valence-electron chi connectivity index (χ4n) is 0.333. The third-order valence-electron chi connectivity index (χ3n) is 0.662. The molecule has 7 nitrogen and oxygen atoms in total. The van der Waals surface area contributed by atoms with E-state index < -0.39 is 0 Å². The Hall–Kier alpha value is -1.76. The molecule has 0 saturated carbocycles. The van der Waals surface area contributed by atoms with E-state index in [2.05, 4.69) is 30.8 Å². The Morgan fingerprint density at radius 2 is 0.909 bits per heavy atom. The molecule has 0 atom stereocenters. The van der Waals surface area contributed by atoms with E-state index in [0.29, 0.717) is 0 Å². The minimum absolute atomic E-state index is 0. The van der Waals surface area contributed by atoms with E-state index in [1.165, 1.54) is 0 Å². The Balaban J connectivity index is 0.000000167. The number of nitrogens with one attached hydrogen (secondary N) is 2. The summed E-state index contributed by atoms with van der Waals surface area (Å²) in [4.78, 5) is 0. The largest absolute Gasteiger partial charge is 0.412 e. The molecule has 0 bridgehead atoms. The van der Waals surface area contributed by atoms with Crippen molar-refractivity contribution in [2.75, 3.05) is 0 Å². The molecule has 0 amide bonds. The summed E-state index contributed by atoms with van der Waals surface area (Å²) in [5.74, 6) is 0. The molecule has 2 rings (SSSR count). The maximum Gasteiger partial charge on any atom is 0.0690 e. The fraction of sp³-hybridized carbons (Fsp3) is 0. The number of aromatic amines is 2. The maximum absolute atomic E-state index is 3.49. The predicted octanol–water partition coefficient (Wildman–Crippen LogP) is -1.22. The average molecular weight is 156 g/mol. The fourth-order valence-corrected chi connectivity index (χ4v) is 0.333. The summed E-state index contributed by atoms with van der Waals surface area (Å²) in [5, 5.41) is 18.7. The van der Waals surface area contributed by atoms with Gasteiger partial charge in [-0.2, -0.15) is 30.8 Å². The van der Waals surface area contributed by atoms with Crippen molar-refractivity contribution in [3.05, 3.63) is 24.8 Å². The summed E-state index contributed by atoms with van der Waals surface area (Å²) >= 11 is 0. The van der Waals surface area contributed by atoms with Crippen LogP contribution in [0.3, 0.4) is 0 Å². The van der Waals surface area contributed by atoms with E-state index in [4.69, 9.17) is 0 Å². The Labute approximate surface area is 62.1 Å². The van der Waals surface area contributed by atoms with Crippen LogP contribution < -0.4 is 0 Å². The van der Waals surface area contributed by atoms with Crippen LogP contribution in [0.5, 0.6) is 0 Å². The normalized spacial score (nSPS) is 7.27. The first-order valence-corrected chi connectivity index (χ1v) is 2.59.